The zero-order valence-corrected chi connectivity index (χ0v) is 13.9. The molecule has 0 saturated carbocycles. The van der Waals surface area contributed by atoms with Crippen molar-refractivity contribution in [3.8, 4) is 0 Å². The van der Waals surface area contributed by atoms with Gasteiger partial charge in [-0.1, -0.05) is 31.1 Å². The molecule has 2 aromatic rings. The van der Waals surface area contributed by atoms with Crippen LogP contribution in [0.5, 0.6) is 0 Å². The van der Waals surface area contributed by atoms with Gasteiger partial charge in [-0.25, -0.2) is 0 Å². The third kappa shape index (κ3) is 4.82. The van der Waals surface area contributed by atoms with Gasteiger partial charge in [-0.15, -0.1) is 11.8 Å². The highest BCUT2D eigenvalue weighted by atomic mass is 32.2. The lowest BCUT2D eigenvalue weighted by molar-refractivity contribution is -0.124. The van der Waals surface area contributed by atoms with E-state index in [9.17, 15) is 9.59 Å². The molecule has 1 aromatic heterocycles. The van der Waals surface area contributed by atoms with Crippen molar-refractivity contribution in [2.75, 3.05) is 0 Å². The molecule has 122 valence electrons. The van der Waals surface area contributed by atoms with Crippen LogP contribution in [0.4, 0.5) is 0 Å². The second-order valence-electron chi connectivity index (χ2n) is 5.11. The molecule has 1 aromatic carbocycles. The number of hydrogen-bond donors (Lipinski definition) is 2. The minimum Gasteiger partial charge on any atom is -0.340 e. The first-order valence-electron chi connectivity index (χ1n) is 7.08. The lowest BCUT2D eigenvalue weighted by atomic mass is 10.2. The first-order valence-corrected chi connectivity index (χ1v) is 8.07. The fourth-order valence-electron chi connectivity index (χ4n) is 1.65. The highest BCUT2D eigenvalue weighted by molar-refractivity contribution is 7.98. The highest BCUT2D eigenvalue weighted by Gasteiger charge is 2.14. The Labute approximate surface area is 138 Å². The Morgan fingerprint density at radius 1 is 1.26 bits per heavy atom. The number of aryl methyl sites for hydroxylation is 1. The van der Waals surface area contributed by atoms with Crippen LogP contribution >= 0.6 is 11.8 Å². The fraction of sp³-hybridized carbons (Fsp3) is 0.333. The number of carbonyl (C=O) groups is 2. The molecule has 2 amide bonds. The van der Waals surface area contributed by atoms with Gasteiger partial charge >= 0.3 is 0 Å². The third-order valence-electron chi connectivity index (χ3n) is 2.88. The van der Waals surface area contributed by atoms with Crippen LogP contribution in [0.15, 0.2) is 33.7 Å². The van der Waals surface area contributed by atoms with E-state index in [1.807, 2.05) is 12.1 Å². The van der Waals surface area contributed by atoms with Crippen LogP contribution < -0.4 is 10.9 Å². The monoisotopic (exact) mass is 334 g/mol. The van der Waals surface area contributed by atoms with E-state index in [0.717, 1.165) is 4.90 Å². The summed E-state index contributed by atoms with van der Waals surface area (Å²) in [6, 6.07) is 7.13. The molecule has 0 saturated heterocycles. The fourth-order valence-corrected chi connectivity index (χ4v) is 2.55. The number of nitrogens with one attached hydrogen (secondary N) is 2. The molecule has 0 aliphatic heterocycles. The summed E-state index contributed by atoms with van der Waals surface area (Å²) in [5.41, 5.74) is 5.29. The molecule has 7 nitrogen and oxygen atoms in total. The van der Waals surface area contributed by atoms with E-state index in [-0.39, 0.29) is 17.7 Å². The summed E-state index contributed by atoms with van der Waals surface area (Å²) in [5, 5.41) is 3.82. The van der Waals surface area contributed by atoms with Crippen LogP contribution in [0.3, 0.4) is 0 Å². The normalized spacial score (nSPS) is 10.6. The smallest absolute Gasteiger partial charge is 0.270 e. The minimum absolute atomic E-state index is 0.207. The zero-order chi connectivity index (χ0) is 16.8. The topological polar surface area (TPSA) is 97.1 Å². The van der Waals surface area contributed by atoms with Crippen LogP contribution in [0.2, 0.25) is 0 Å². The lowest BCUT2D eigenvalue weighted by Crippen LogP contribution is -2.43. The zero-order valence-electron chi connectivity index (χ0n) is 13.1. The van der Waals surface area contributed by atoms with Crippen molar-refractivity contribution in [3.63, 3.8) is 0 Å². The Morgan fingerprint density at radius 2 is 2.00 bits per heavy atom. The Kier molecular flexibility index (Phi) is 5.75. The van der Waals surface area contributed by atoms with Crippen LogP contribution in [0.1, 0.15) is 35.9 Å². The van der Waals surface area contributed by atoms with E-state index < -0.39 is 0 Å². The number of hydrogen-bond acceptors (Lipinski definition) is 6. The molecule has 0 spiro atoms. The third-order valence-corrected chi connectivity index (χ3v) is 3.95. The average molecular weight is 334 g/mol. The largest absolute Gasteiger partial charge is 0.340 e. The van der Waals surface area contributed by atoms with Crippen molar-refractivity contribution in [2.24, 2.45) is 5.92 Å². The maximum absolute atomic E-state index is 12.2. The number of amides is 2. The Balaban J connectivity index is 2.01. The van der Waals surface area contributed by atoms with Crippen molar-refractivity contribution in [2.45, 2.75) is 31.4 Å². The number of aromatic nitrogens is 2. The van der Waals surface area contributed by atoms with E-state index in [4.69, 9.17) is 4.52 Å². The van der Waals surface area contributed by atoms with Gasteiger partial charge in [-0.2, -0.15) is 4.98 Å². The summed E-state index contributed by atoms with van der Waals surface area (Å²) in [6.07, 6.45) is 0. The summed E-state index contributed by atoms with van der Waals surface area (Å²) >= 11 is 1.42. The molecule has 0 atom stereocenters. The molecule has 0 aliphatic rings. The van der Waals surface area contributed by atoms with E-state index >= 15 is 0 Å². The molecule has 0 fully saturated rings. The van der Waals surface area contributed by atoms with Gasteiger partial charge in [0.2, 0.25) is 11.8 Å². The van der Waals surface area contributed by atoms with Crippen molar-refractivity contribution < 1.29 is 14.1 Å². The maximum atomic E-state index is 12.2. The van der Waals surface area contributed by atoms with Gasteiger partial charge in [0.1, 0.15) is 0 Å². The van der Waals surface area contributed by atoms with Crippen LogP contribution in [-0.4, -0.2) is 22.0 Å². The van der Waals surface area contributed by atoms with Crippen molar-refractivity contribution in [1.29, 1.82) is 0 Å². The predicted octanol–water partition coefficient (Wildman–Crippen LogP) is 2.09. The number of thioether (sulfide) groups is 1. The molecule has 0 aliphatic carbocycles. The molecule has 23 heavy (non-hydrogen) atoms. The SMILES string of the molecule is Cc1nc(CSc2ccccc2C(=O)NNC(=O)C(C)C)no1. The minimum atomic E-state index is -0.369. The quantitative estimate of drug-likeness (QED) is 0.642. The Bertz CT molecular complexity index is 700. The molecule has 2 N–H and O–H groups in total. The van der Waals surface area contributed by atoms with Gasteiger partial charge in [0, 0.05) is 17.7 Å². The molecule has 0 bridgehead atoms. The van der Waals surface area contributed by atoms with E-state index in [2.05, 4.69) is 21.0 Å². The molecular weight excluding hydrogens is 316 g/mol. The average Bonchev–Trinajstić information content (AvgIpc) is 2.96. The van der Waals surface area contributed by atoms with E-state index in [0.29, 0.717) is 23.0 Å². The van der Waals surface area contributed by atoms with Gasteiger partial charge in [-0.3, -0.25) is 20.4 Å². The van der Waals surface area contributed by atoms with Crippen LogP contribution in [0.25, 0.3) is 0 Å². The molecular formula is C15H18N4O3S. The van der Waals surface area contributed by atoms with Gasteiger partial charge < -0.3 is 4.52 Å². The first kappa shape index (κ1) is 17.0. The second kappa shape index (κ2) is 7.77. The molecule has 0 unspecified atom stereocenters. The van der Waals surface area contributed by atoms with Crippen molar-refractivity contribution in [3.05, 3.63) is 41.5 Å². The van der Waals surface area contributed by atoms with E-state index in [1.54, 1.807) is 32.9 Å². The Hall–Kier alpha value is -2.35. The molecule has 2 rings (SSSR count). The van der Waals surface area contributed by atoms with Crippen molar-refractivity contribution in [1.82, 2.24) is 21.0 Å². The molecule has 8 heteroatoms. The van der Waals surface area contributed by atoms with E-state index in [1.165, 1.54) is 11.8 Å². The molecule has 1 heterocycles. The van der Waals surface area contributed by atoms with Gasteiger partial charge in [-0.05, 0) is 12.1 Å². The maximum Gasteiger partial charge on any atom is 0.270 e. The van der Waals surface area contributed by atoms with Crippen LogP contribution in [-0.2, 0) is 10.5 Å². The Morgan fingerprint density at radius 3 is 2.65 bits per heavy atom. The van der Waals surface area contributed by atoms with Crippen LogP contribution in [0, 0.1) is 12.8 Å². The number of nitrogens with zero attached hydrogens (tertiary/aromatic N) is 2. The first-order chi connectivity index (χ1) is 11.0. The summed E-state index contributed by atoms with van der Waals surface area (Å²) in [4.78, 5) is 28.6. The standard InChI is InChI=1S/C15H18N4O3S/c1-9(2)14(20)17-18-15(21)11-6-4-5-7-12(11)23-8-13-16-10(3)22-19-13/h4-7,9H,8H2,1-3H3,(H,17,20)(H,18,21). The number of benzene rings is 1. The van der Waals surface area contributed by atoms with Gasteiger partial charge in [0.05, 0.1) is 11.3 Å². The summed E-state index contributed by atoms with van der Waals surface area (Å²) < 4.78 is 4.92. The number of rotatable bonds is 5. The van der Waals surface area contributed by atoms with Gasteiger partial charge in [0.25, 0.3) is 5.91 Å². The summed E-state index contributed by atoms with van der Waals surface area (Å²) in [7, 11) is 0. The summed E-state index contributed by atoms with van der Waals surface area (Å²) in [5.74, 6) is 0.734. The number of carbonyl (C=O) groups excluding carboxylic acids is 2. The predicted molar refractivity (Wildman–Crippen MR) is 85.5 cm³/mol. The molecule has 0 radical (unpaired) electrons. The van der Waals surface area contributed by atoms with Gasteiger partial charge in [0.15, 0.2) is 5.82 Å². The highest BCUT2D eigenvalue weighted by Crippen LogP contribution is 2.25. The second-order valence-corrected chi connectivity index (χ2v) is 6.13. The summed E-state index contributed by atoms with van der Waals surface area (Å²) in [6.45, 7) is 5.22. The van der Waals surface area contributed by atoms with Crippen molar-refractivity contribution >= 4 is 23.6 Å². The lowest BCUT2D eigenvalue weighted by Gasteiger charge is -2.11. The number of hydrazine groups is 1.